The number of anilines is 1. The van der Waals surface area contributed by atoms with E-state index in [0.29, 0.717) is 30.1 Å². The Hall–Kier alpha value is -3.26. The SMILES string of the molecule is O=C(CCc1csc(NC(=O)c2ccc(=O)[nH]c2)n1)NCCCc1ccccc1. The summed E-state index contributed by atoms with van der Waals surface area (Å²) in [5.74, 6) is -0.358. The Labute approximate surface area is 172 Å². The van der Waals surface area contributed by atoms with Crippen LogP contribution in [-0.2, 0) is 17.6 Å². The zero-order valence-corrected chi connectivity index (χ0v) is 16.6. The van der Waals surface area contributed by atoms with Crippen molar-refractivity contribution in [3.63, 3.8) is 0 Å². The van der Waals surface area contributed by atoms with E-state index >= 15 is 0 Å². The largest absolute Gasteiger partial charge is 0.356 e. The van der Waals surface area contributed by atoms with Crippen LogP contribution in [0.1, 0.15) is 34.5 Å². The second-order valence-electron chi connectivity index (χ2n) is 6.48. The molecule has 0 radical (unpaired) electrons. The van der Waals surface area contributed by atoms with E-state index in [9.17, 15) is 14.4 Å². The quantitative estimate of drug-likeness (QED) is 0.472. The Balaban J connectivity index is 1.37. The number of hydrogen-bond acceptors (Lipinski definition) is 5. The van der Waals surface area contributed by atoms with E-state index in [1.807, 2.05) is 23.6 Å². The maximum atomic E-state index is 12.1. The molecule has 0 spiro atoms. The van der Waals surface area contributed by atoms with Crippen molar-refractivity contribution in [3.8, 4) is 0 Å². The van der Waals surface area contributed by atoms with Gasteiger partial charge in [-0.1, -0.05) is 30.3 Å². The first kappa shape index (κ1) is 20.5. The zero-order valence-electron chi connectivity index (χ0n) is 15.8. The molecule has 0 aliphatic rings. The number of aromatic amines is 1. The highest BCUT2D eigenvalue weighted by Crippen LogP contribution is 2.17. The van der Waals surface area contributed by atoms with Crippen molar-refractivity contribution in [2.45, 2.75) is 25.7 Å². The molecule has 2 heterocycles. The van der Waals surface area contributed by atoms with E-state index in [4.69, 9.17) is 0 Å². The molecule has 8 heteroatoms. The third-order valence-corrected chi connectivity index (χ3v) is 5.04. The number of nitrogens with zero attached hydrogens (tertiary/aromatic N) is 1. The van der Waals surface area contributed by atoms with Crippen molar-refractivity contribution < 1.29 is 9.59 Å². The van der Waals surface area contributed by atoms with Crippen LogP contribution in [0.4, 0.5) is 5.13 Å². The van der Waals surface area contributed by atoms with Gasteiger partial charge in [0.2, 0.25) is 11.5 Å². The molecule has 0 aliphatic carbocycles. The average Bonchev–Trinajstić information content (AvgIpc) is 3.18. The second-order valence-corrected chi connectivity index (χ2v) is 7.34. The van der Waals surface area contributed by atoms with Crippen LogP contribution in [0.5, 0.6) is 0 Å². The minimum Gasteiger partial charge on any atom is -0.356 e. The Bertz CT molecular complexity index is 994. The lowest BCUT2D eigenvalue weighted by Crippen LogP contribution is -2.25. The van der Waals surface area contributed by atoms with E-state index in [0.717, 1.165) is 18.5 Å². The van der Waals surface area contributed by atoms with Gasteiger partial charge in [0.1, 0.15) is 0 Å². The first-order valence-corrected chi connectivity index (χ1v) is 10.2. The fraction of sp³-hybridized carbons (Fsp3) is 0.238. The minimum absolute atomic E-state index is 0.00936. The summed E-state index contributed by atoms with van der Waals surface area (Å²) < 4.78 is 0. The van der Waals surface area contributed by atoms with Gasteiger partial charge in [-0.25, -0.2) is 4.98 Å². The Kier molecular flexibility index (Phi) is 7.29. The summed E-state index contributed by atoms with van der Waals surface area (Å²) >= 11 is 1.30. The molecule has 2 amide bonds. The van der Waals surface area contributed by atoms with Crippen LogP contribution in [0.3, 0.4) is 0 Å². The molecule has 2 aromatic heterocycles. The van der Waals surface area contributed by atoms with Crippen molar-refractivity contribution in [2.24, 2.45) is 0 Å². The average molecular weight is 410 g/mol. The summed E-state index contributed by atoms with van der Waals surface area (Å²) in [4.78, 5) is 42.0. The topological polar surface area (TPSA) is 104 Å². The smallest absolute Gasteiger partial charge is 0.258 e. The molecule has 0 atom stereocenters. The minimum atomic E-state index is -0.349. The molecular formula is C21H22N4O3S. The molecule has 0 bridgehead atoms. The third kappa shape index (κ3) is 6.69. The molecule has 1 aromatic carbocycles. The van der Waals surface area contributed by atoms with E-state index < -0.39 is 0 Å². The summed E-state index contributed by atoms with van der Waals surface area (Å²) in [5, 5.41) is 7.90. The van der Waals surface area contributed by atoms with E-state index in [2.05, 4.69) is 32.7 Å². The van der Waals surface area contributed by atoms with Gasteiger partial charge in [0.25, 0.3) is 5.91 Å². The highest BCUT2D eigenvalue weighted by Gasteiger charge is 2.10. The van der Waals surface area contributed by atoms with Gasteiger partial charge in [-0.3, -0.25) is 19.7 Å². The molecule has 0 fully saturated rings. The number of carbonyl (C=O) groups is 2. The van der Waals surface area contributed by atoms with Gasteiger partial charge in [-0.2, -0.15) is 0 Å². The summed E-state index contributed by atoms with van der Waals surface area (Å²) in [6, 6.07) is 12.9. The molecular weight excluding hydrogens is 388 g/mol. The molecule has 3 rings (SSSR count). The Morgan fingerprint density at radius 1 is 1.07 bits per heavy atom. The van der Waals surface area contributed by atoms with Crippen molar-refractivity contribution in [2.75, 3.05) is 11.9 Å². The number of aromatic nitrogens is 2. The van der Waals surface area contributed by atoms with E-state index in [-0.39, 0.29) is 17.4 Å². The third-order valence-electron chi connectivity index (χ3n) is 4.23. The molecule has 3 N–H and O–H groups in total. The highest BCUT2D eigenvalue weighted by molar-refractivity contribution is 7.14. The summed E-state index contributed by atoms with van der Waals surface area (Å²) in [6.45, 7) is 0.644. The number of benzene rings is 1. The molecule has 0 unspecified atom stereocenters. The number of thiazole rings is 1. The number of hydrogen-bond donors (Lipinski definition) is 3. The van der Waals surface area contributed by atoms with Gasteiger partial charge in [-0.05, 0) is 30.9 Å². The molecule has 7 nitrogen and oxygen atoms in total. The lowest BCUT2D eigenvalue weighted by atomic mass is 10.1. The van der Waals surface area contributed by atoms with Gasteiger partial charge < -0.3 is 10.3 Å². The maximum absolute atomic E-state index is 12.1. The number of rotatable bonds is 9. The van der Waals surface area contributed by atoms with Crippen LogP contribution in [0.2, 0.25) is 0 Å². The predicted molar refractivity (Wildman–Crippen MR) is 113 cm³/mol. The van der Waals surface area contributed by atoms with Crippen molar-refractivity contribution in [1.82, 2.24) is 15.3 Å². The summed E-state index contributed by atoms with van der Waals surface area (Å²) in [7, 11) is 0. The number of pyridine rings is 1. The van der Waals surface area contributed by atoms with Crippen LogP contribution in [0.15, 0.2) is 58.8 Å². The number of carbonyl (C=O) groups excluding carboxylic acids is 2. The number of H-pyrrole nitrogens is 1. The highest BCUT2D eigenvalue weighted by atomic mass is 32.1. The van der Waals surface area contributed by atoms with Crippen LogP contribution in [-0.4, -0.2) is 28.3 Å². The molecule has 150 valence electrons. The van der Waals surface area contributed by atoms with Crippen LogP contribution in [0.25, 0.3) is 0 Å². The van der Waals surface area contributed by atoms with Gasteiger partial charge in [0.05, 0.1) is 11.3 Å². The van der Waals surface area contributed by atoms with Crippen molar-refractivity contribution >= 4 is 28.3 Å². The number of nitrogens with one attached hydrogen (secondary N) is 3. The van der Waals surface area contributed by atoms with Gasteiger partial charge in [-0.15, -0.1) is 11.3 Å². The normalized spacial score (nSPS) is 10.5. The van der Waals surface area contributed by atoms with Gasteiger partial charge in [0.15, 0.2) is 5.13 Å². The molecule has 0 saturated heterocycles. The standard InChI is InChI=1S/C21H22N4O3S/c26-18(22-12-4-7-15-5-2-1-3-6-15)11-9-17-14-29-21(24-17)25-20(28)16-8-10-19(27)23-13-16/h1-3,5-6,8,10,13-14H,4,7,9,11-12H2,(H,22,26)(H,23,27)(H,24,25,28). The number of amides is 2. The van der Waals surface area contributed by atoms with Crippen LogP contribution >= 0.6 is 11.3 Å². The molecule has 0 aliphatic heterocycles. The van der Waals surface area contributed by atoms with E-state index in [1.54, 1.807) is 0 Å². The summed E-state index contributed by atoms with van der Waals surface area (Å²) in [6.07, 6.45) is 4.05. The van der Waals surface area contributed by atoms with Crippen LogP contribution in [0, 0.1) is 0 Å². The maximum Gasteiger partial charge on any atom is 0.258 e. The zero-order chi connectivity index (χ0) is 20.5. The first-order chi connectivity index (χ1) is 14.1. The van der Waals surface area contributed by atoms with Gasteiger partial charge >= 0.3 is 0 Å². The second kappa shape index (κ2) is 10.3. The monoisotopic (exact) mass is 410 g/mol. The molecule has 3 aromatic rings. The Morgan fingerprint density at radius 3 is 2.66 bits per heavy atom. The van der Waals surface area contributed by atoms with Gasteiger partial charge in [0, 0.05) is 30.6 Å². The predicted octanol–water partition coefficient (Wildman–Crippen LogP) is 2.77. The lowest BCUT2D eigenvalue weighted by Gasteiger charge is -2.05. The number of aryl methyl sites for hydroxylation is 2. The fourth-order valence-electron chi connectivity index (χ4n) is 2.70. The molecule has 29 heavy (non-hydrogen) atoms. The van der Waals surface area contributed by atoms with Crippen LogP contribution < -0.4 is 16.2 Å². The Morgan fingerprint density at radius 2 is 1.90 bits per heavy atom. The van der Waals surface area contributed by atoms with E-state index in [1.165, 1.54) is 35.2 Å². The molecule has 0 saturated carbocycles. The summed E-state index contributed by atoms with van der Waals surface area (Å²) in [5.41, 5.74) is 2.10. The van der Waals surface area contributed by atoms with Crippen molar-refractivity contribution in [3.05, 3.63) is 81.2 Å². The van der Waals surface area contributed by atoms with Crippen molar-refractivity contribution in [1.29, 1.82) is 0 Å². The fourth-order valence-corrected chi connectivity index (χ4v) is 3.44. The lowest BCUT2D eigenvalue weighted by molar-refractivity contribution is -0.121. The first-order valence-electron chi connectivity index (χ1n) is 9.35.